The molecule has 1 rings (SSSR count). The van der Waals surface area contributed by atoms with Crippen molar-refractivity contribution in [3.05, 3.63) is 29.3 Å². The van der Waals surface area contributed by atoms with Gasteiger partial charge in [-0.05, 0) is 45.4 Å². The molecule has 0 aliphatic heterocycles. The first-order valence-electron chi connectivity index (χ1n) is 6.72. The zero-order chi connectivity index (χ0) is 15.5. The van der Waals surface area contributed by atoms with E-state index in [1.165, 1.54) is 17.0 Å². The third-order valence-electron chi connectivity index (χ3n) is 2.82. The highest BCUT2D eigenvalue weighted by molar-refractivity contribution is 5.50. The lowest BCUT2D eigenvalue weighted by molar-refractivity contribution is 0.201. The Labute approximate surface area is 119 Å². The lowest BCUT2D eigenvalue weighted by Gasteiger charge is -2.24. The van der Waals surface area contributed by atoms with Gasteiger partial charge in [0.1, 0.15) is 17.3 Å². The van der Waals surface area contributed by atoms with Crippen molar-refractivity contribution < 1.29 is 13.9 Å². The largest absolute Gasteiger partial charge is 0.392 e. The van der Waals surface area contributed by atoms with Gasteiger partial charge in [0.15, 0.2) is 0 Å². The number of aliphatic hydroxyl groups is 1. The maximum atomic E-state index is 14.0. The second-order valence-electron chi connectivity index (χ2n) is 6.24. The van der Waals surface area contributed by atoms with Crippen LogP contribution in [-0.2, 0) is 6.54 Å². The van der Waals surface area contributed by atoms with Gasteiger partial charge in [-0.3, -0.25) is 0 Å². The molecule has 114 valence electrons. The van der Waals surface area contributed by atoms with Gasteiger partial charge >= 0.3 is 0 Å². The smallest absolute Gasteiger partial charge is 0.149 e. The number of benzene rings is 1. The van der Waals surface area contributed by atoms with Crippen molar-refractivity contribution in [3.63, 3.8) is 0 Å². The summed E-state index contributed by atoms with van der Waals surface area (Å²) in [5.74, 6) is -1.22. The van der Waals surface area contributed by atoms with Gasteiger partial charge in [-0.1, -0.05) is 0 Å². The number of nitrogens with zero attached hydrogens (tertiary/aromatic N) is 1. The minimum absolute atomic E-state index is 0.106. The Hall–Kier alpha value is -1.20. The van der Waals surface area contributed by atoms with E-state index < -0.39 is 17.7 Å². The zero-order valence-corrected chi connectivity index (χ0v) is 12.8. The summed E-state index contributed by atoms with van der Waals surface area (Å²) in [5.41, 5.74) is 0.337. The Bertz CT molecular complexity index is 433. The molecule has 1 atom stereocenters. The molecule has 0 amide bonds. The lowest BCUT2D eigenvalue weighted by Crippen LogP contribution is -2.35. The standard InChI is InChI=1S/C15H24F2N2O/c1-10(20)9-19(5)14-12(16)6-11(7-13(14)17)8-18-15(2,3)4/h6-7,10,18,20H,8-9H2,1-5H3. The Morgan fingerprint density at radius 2 is 1.75 bits per heavy atom. The van der Waals surface area contributed by atoms with Gasteiger partial charge in [-0.25, -0.2) is 8.78 Å². The van der Waals surface area contributed by atoms with Gasteiger partial charge in [0, 0.05) is 25.7 Å². The van der Waals surface area contributed by atoms with Crippen LogP contribution >= 0.6 is 0 Å². The van der Waals surface area contributed by atoms with E-state index in [9.17, 15) is 13.9 Å². The van der Waals surface area contributed by atoms with Crippen LogP contribution in [0.3, 0.4) is 0 Å². The fraction of sp³-hybridized carbons (Fsp3) is 0.600. The van der Waals surface area contributed by atoms with Crippen molar-refractivity contribution in [3.8, 4) is 0 Å². The predicted octanol–water partition coefficient (Wildman–Crippen LogP) is 2.67. The Morgan fingerprint density at radius 3 is 2.15 bits per heavy atom. The number of anilines is 1. The SMILES string of the molecule is CC(O)CN(C)c1c(F)cc(CNC(C)(C)C)cc1F. The van der Waals surface area contributed by atoms with Crippen molar-refractivity contribution >= 4 is 5.69 Å². The van der Waals surface area contributed by atoms with Crippen LogP contribution in [0.2, 0.25) is 0 Å². The number of halogens is 2. The summed E-state index contributed by atoms with van der Waals surface area (Å²) in [5, 5.41) is 12.5. The van der Waals surface area contributed by atoms with Crippen LogP contribution in [0.4, 0.5) is 14.5 Å². The van der Waals surface area contributed by atoms with Crippen molar-refractivity contribution in [2.75, 3.05) is 18.5 Å². The van der Waals surface area contributed by atoms with E-state index >= 15 is 0 Å². The number of hydrogen-bond acceptors (Lipinski definition) is 3. The van der Waals surface area contributed by atoms with Crippen molar-refractivity contribution in [1.29, 1.82) is 0 Å². The summed E-state index contributed by atoms with van der Waals surface area (Å²) in [6, 6.07) is 2.66. The van der Waals surface area contributed by atoms with Crippen LogP contribution in [0, 0.1) is 11.6 Å². The molecule has 3 nitrogen and oxygen atoms in total. The molecule has 0 saturated carbocycles. The molecule has 0 aliphatic rings. The minimum atomic E-state index is -0.652. The van der Waals surface area contributed by atoms with Gasteiger partial charge in [0.2, 0.25) is 0 Å². The van der Waals surface area contributed by atoms with E-state index in [4.69, 9.17) is 0 Å². The molecular formula is C15H24F2N2O. The number of rotatable bonds is 5. The summed E-state index contributed by atoms with van der Waals surface area (Å²) in [7, 11) is 1.56. The summed E-state index contributed by atoms with van der Waals surface area (Å²) in [6.07, 6.45) is -0.652. The Kier molecular flexibility index (Phi) is 5.48. The molecule has 5 heteroatoms. The zero-order valence-electron chi connectivity index (χ0n) is 12.8. The summed E-state index contributed by atoms with van der Waals surface area (Å²) >= 11 is 0. The topological polar surface area (TPSA) is 35.5 Å². The molecule has 0 bridgehead atoms. The van der Waals surface area contributed by atoms with E-state index in [1.54, 1.807) is 14.0 Å². The number of hydrogen-bond donors (Lipinski definition) is 2. The lowest BCUT2D eigenvalue weighted by atomic mass is 10.1. The Morgan fingerprint density at radius 1 is 1.25 bits per heavy atom. The molecule has 0 aromatic heterocycles. The van der Waals surface area contributed by atoms with E-state index in [2.05, 4.69) is 5.32 Å². The maximum absolute atomic E-state index is 14.0. The van der Waals surface area contributed by atoms with Crippen LogP contribution in [0.5, 0.6) is 0 Å². The maximum Gasteiger partial charge on any atom is 0.149 e. The van der Waals surface area contributed by atoms with Gasteiger partial charge in [-0.2, -0.15) is 0 Å². The third kappa shape index (κ3) is 5.06. The van der Waals surface area contributed by atoms with Crippen molar-refractivity contribution in [2.45, 2.75) is 45.9 Å². The molecule has 0 fully saturated rings. The molecule has 20 heavy (non-hydrogen) atoms. The number of aliphatic hydroxyl groups excluding tert-OH is 1. The van der Waals surface area contributed by atoms with E-state index in [-0.39, 0.29) is 17.8 Å². The van der Waals surface area contributed by atoms with Gasteiger partial charge in [-0.15, -0.1) is 0 Å². The Balaban J connectivity index is 2.91. The highest BCUT2D eigenvalue weighted by Gasteiger charge is 2.17. The molecule has 0 heterocycles. The van der Waals surface area contributed by atoms with Crippen LogP contribution in [0.25, 0.3) is 0 Å². The molecule has 0 spiro atoms. The fourth-order valence-corrected chi connectivity index (χ4v) is 1.94. The summed E-state index contributed by atoms with van der Waals surface area (Å²) in [6.45, 7) is 8.12. The molecule has 0 saturated heterocycles. The number of nitrogens with one attached hydrogen (secondary N) is 1. The molecule has 1 unspecified atom stereocenters. The molecular weight excluding hydrogens is 262 g/mol. The predicted molar refractivity (Wildman–Crippen MR) is 77.9 cm³/mol. The molecule has 1 aromatic carbocycles. The average Bonchev–Trinajstić information content (AvgIpc) is 2.23. The van der Waals surface area contributed by atoms with Gasteiger partial charge < -0.3 is 15.3 Å². The van der Waals surface area contributed by atoms with Crippen LogP contribution < -0.4 is 10.2 Å². The van der Waals surface area contributed by atoms with Crippen LogP contribution in [0.1, 0.15) is 33.3 Å². The summed E-state index contributed by atoms with van der Waals surface area (Å²) < 4.78 is 28.1. The first-order valence-corrected chi connectivity index (χ1v) is 6.72. The first kappa shape index (κ1) is 16.9. The second-order valence-corrected chi connectivity index (χ2v) is 6.24. The normalized spacial score (nSPS) is 13.4. The van der Waals surface area contributed by atoms with Crippen LogP contribution in [-0.4, -0.2) is 30.3 Å². The van der Waals surface area contributed by atoms with Crippen LogP contribution in [0.15, 0.2) is 12.1 Å². The van der Waals surface area contributed by atoms with E-state index in [0.717, 1.165) is 0 Å². The first-order chi connectivity index (χ1) is 9.10. The van der Waals surface area contributed by atoms with Crippen molar-refractivity contribution in [1.82, 2.24) is 5.32 Å². The molecule has 0 aliphatic carbocycles. The van der Waals surface area contributed by atoms with Crippen molar-refractivity contribution in [2.24, 2.45) is 0 Å². The van der Waals surface area contributed by atoms with E-state index in [1.807, 2.05) is 20.8 Å². The molecule has 1 aromatic rings. The van der Waals surface area contributed by atoms with Gasteiger partial charge in [0.05, 0.1) is 6.10 Å². The minimum Gasteiger partial charge on any atom is -0.392 e. The average molecular weight is 286 g/mol. The number of likely N-dealkylation sites (N-methyl/N-ethyl adjacent to an activating group) is 1. The fourth-order valence-electron chi connectivity index (χ4n) is 1.94. The third-order valence-corrected chi connectivity index (χ3v) is 2.82. The van der Waals surface area contributed by atoms with Gasteiger partial charge in [0.25, 0.3) is 0 Å². The molecule has 0 radical (unpaired) electrons. The monoisotopic (exact) mass is 286 g/mol. The summed E-state index contributed by atoms with van der Waals surface area (Å²) in [4.78, 5) is 1.39. The highest BCUT2D eigenvalue weighted by Crippen LogP contribution is 2.24. The quantitative estimate of drug-likeness (QED) is 0.873. The second kappa shape index (κ2) is 6.50. The van der Waals surface area contributed by atoms with E-state index in [0.29, 0.717) is 12.1 Å². The highest BCUT2D eigenvalue weighted by atomic mass is 19.1. The molecule has 2 N–H and O–H groups in total.